The quantitative estimate of drug-likeness (QED) is 0.708. The van der Waals surface area contributed by atoms with Crippen LogP contribution in [0.1, 0.15) is 32.6 Å². The van der Waals surface area contributed by atoms with Crippen molar-refractivity contribution in [2.75, 3.05) is 19.6 Å². The molecule has 17 heavy (non-hydrogen) atoms. The van der Waals surface area contributed by atoms with Gasteiger partial charge in [0.25, 0.3) is 0 Å². The van der Waals surface area contributed by atoms with E-state index in [0.717, 1.165) is 32.5 Å². The second kappa shape index (κ2) is 4.90. The van der Waals surface area contributed by atoms with Gasteiger partial charge in [0, 0.05) is 12.6 Å². The van der Waals surface area contributed by atoms with Crippen LogP contribution in [0.3, 0.4) is 0 Å². The second-order valence-corrected chi connectivity index (χ2v) is 5.77. The van der Waals surface area contributed by atoms with Crippen molar-refractivity contribution in [3.63, 3.8) is 0 Å². The van der Waals surface area contributed by atoms with Crippen molar-refractivity contribution in [3.05, 3.63) is 0 Å². The first-order valence-electron chi connectivity index (χ1n) is 6.38. The van der Waals surface area contributed by atoms with Crippen LogP contribution in [0.4, 0.5) is 0 Å². The minimum atomic E-state index is -0.519. The number of carbonyl (C=O) groups excluding carboxylic acids is 1. The van der Waals surface area contributed by atoms with Crippen LogP contribution in [0.2, 0.25) is 0 Å². The van der Waals surface area contributed by atoms with Crippen molar-refractivity contribution < 1.29 is 4.79 Å². The van der Waals surface area contributed by atoms with Gasteiger partial charge in [0.2, 0.25) is 5.91 Å². The molecule has 1 atom stereocenters. The Bertz CT molecular complexity index is 322. The molecular weight excluding hydrogens is 234 g/mol. The maximum Gasteiger partial charge on any atom is 0.233 e. The molecule has 2 rings (SSSR count). The Hall–Kier alpha value is -0.680. The number of carbonyl (C=O) groups is 1. The molecule has 4 nitrogen and oxygen atoms in total. The third kappa shape index (κ3) is 2.77. The van der Waals surface area contributed by atoms with Crippen LogP contribution in [0, 0.1) is 5.41 Å². The van der Waals surface area contributed by atoms with E-state index in [0.29, 0.717) is 4.99 Å². The number of hydrogen-bond acceptors (Lipinski definition) is 3. The average molecular weight is 255 g/mol. The lowest BCUT2D eigenvalue weighted by Crippen LogP contribution is -2.47. The Labute approximate surface area is 108 Å². The molecule has 0 aromatic heterocycles. The van der Waals surface area contributed by atoms with Gasteiger partial charge in [-0.1, -0.05) is 12.2 Å². The van der Waals surface area contributed by atoms with Gasteiger partial charge in [-0.25, -0.2) is 0 Å². The molecular formula is C12H21N3OS. The van der Waals surface area contributed by atoms with Gasteiger partial charge in [0.1, 0.15) is 0 Å². The summed E-state index contributed by atoms with van der Waals surface area (Å²) in [5.74, 6) is 0.0247. The van der Waals surface area contributed by atoms with Crippen molar-refractivity contribution in [1.82, 2.24) is 10.2 Å². The summed E-state index contributed by atoms with van der Waals surface area (Å²) in [4.78, 5) is 14.8. The lowest BCUT2D eigenvalue weighted by atomic mass is 10.1. The zero-order valence-corrected chi connectivity index (χ0v) is 11.2. The molecule has 1 aliphatic carbocycles. The van der Waals surface area contributed by atoms with Gasteiger partial charge < -0.3 is 16.0 Å². The Morgan fingerprint density at radius 2 is 2.06 bits per heavy atom. The fraction of sp³-hybridized carbons (Fsp3) is 0.833. The molecule has 0 bridgehead atoms. The Kier molecular flexibility index (Phi) is 3.68. The first-order chi connectivity index (χ1) is 8.04. The third-order valence-electron chi connectivity index (χ3n) is 3.76. The first-order valence-corrected chi connectivity index (χ1v) is 6.79. The van der Waals surface area contributed by atoms with Gasteiger partial charge in [0.15, 0.2) is 0 Å². The zero-order valence-electron chi connectivity index (χ0n) is 10.4. The van der Waals surface area contributed by atoms with Crippen molar-refractivity contribution >= 4 is 23.1 Å². The highest BCUT2D eigenvalue weighted by Crippen LogP contribution is 2.46. The molecule has 1 saturated heterocycles. The topological polar surface area (TPSA) is 58.4 Å². The van der Waals surface area contributed by atoms with E-state index in [1.165, 1.54) is 12.8 Å². The summed E-state index contributed by atoms with van der Waals surface area (Å²) in [5, 5.41) is 3.04. The molecule has 1 heterocycles. The number of rotatable bonds is 5. The van der Waals surface area contributed by atoms with E-state index in [1.54, 1.807) is 0 Å². The summed E-state index contributed by atoms with van der Waals surface area (Å²) >= 11 is 4.97. The lowest BCUT2D eigenvalue weighted by Gasteiger charge is -2.23. The van der Waals surface area contributed by atoms with E-state index in [-0.39, 0.29) is 11.9 Å². The van der Waals surface area contributed by atoms with Crippen molar-refractivity contribution in [1.29, 1.82) is 0 Å². The maximum atomic E-state index is 12.1. The van der Waals surface area contributed by atoms with E-state index in [9.17, 15) is 4.79 Å². The Morgan fingerprint density at radius 1 is 1.47 bits per heavy atom. The summed E-state index contributed by atoms with van der Waals surface area (Å²) in [6.45, 7) is 5.28. The fourth-order valence-corrected chi connectivity index (χ4v) is 2.77. The Morgan fingerprint density at radius 3 is 2.53 bits per heavy atom. The molecule has 0 aromatic carbocycles. The minimum absolute atomic E-state index is 0.0247. The zero-order chi connectivity index (χ0) is 12.5. The third-order valence-corrected chi connectivity index (χ3v) is 4.16. The summed E-state index contributed by atoms with van der Waals surface area (Å²) in [5.41, 5.74) is 5.11. The van der Waals surface area contributed by atoms with Crippen LogP contribution in [0.5, 0.6) is 0 Å². The standard InChI is InChI=1S/C12H21N3OS/c1-9(8-15-6-2-3-7-15)14-11(16)12(4-5-12)10(13)17/h9H,2-8H2,1H3,(H2,13,17)(H,14,16). The number of nitrogens with one attached hydrogen (secondary N) is 1. The van der Waals surface area contributed by atoms with Crippen LogP contribution < -0.4 is 11.1 Å². The molecule has 0 radical (unpaired) electrons. The highest BCUT2D eigenvalue weighted by atomic mass is 32.1. The summed E-state index contributed by atoms with van der Waals surface area (Å²) < 4.78 is 0. The summed E-state index contributed by atoms with van der Waals surface area (Å²) in [7, 11) is 0. The second-order valence-electron chi connectivity index (χ2n) is 5.33. The van der Waals surface area contributed by atoms with Crippen LogP contribution >= 0.6 is 12.2 Å². The number of hydrogen-bond donors (Lipinski definition) is 2. The van der Waals surface area contributed by atoms with E-state index in [4.69, 9.17) is 18.0 Å². The molecule has 1 aliphatic heterocycles. The minimum Gasteiger partial charge on any atom is -0.392 e. The van der Waals surface area contributed by atoms with Gasteiger partial charge in [-0.15, -0.1) is 0 Å². The molecule has 3 N–H and O–H groups in total. The van der Waals surface area contributed by atoms with Gasteiger partial charge in [-0.05, 0) is 45.7 Å². The number of amides is 1. The number of likely N-dealkylation sites (tertiary alicyclic amines) is 1. The molecule has 1 amide bonds. The van der Waals surface area contributed by atoms with Crippen molar-refractivity contribution in [2.45, 2.75) is 38.6 Å². The smallest absolute Gasteiger partial charge is 0.233 e. The molecule has 1 saturated carbocycles. The molecule has 2 fully saturated rings. The molecule has 5 heteroatoms. The fourth-order valence-electron chi connectivity index (χ4n) is 2.47. The number of nitrogens with zero attached hydrogens (tertiary/aromatic N) is 1. The Balaban J connectivity index is 1.80. The highest BCUT2D eigenvalue weighted by molar-refractivity contribution is 7.80. The predicted octanol–water partition coefficient (Wildman–Crippen LogP) is 0.653. The summed E-state index contributed by atoms with van der Waals surface area (Å²) in [6.07, 6.45) is 4.17. The molecule has 0 aromatic rings. The van der Waals surface area contributed by atoms with E-state index in [2.05, 4.69) is 10.2 Å². The number of thiocarbonyl (C=S) groups is 1. The van der Waals surface area contributed by atoms with Crippen molar-refractivity contribution in [2.24, 2.45) is 11.1 Å². The molecule has 2 aliphatic rings. The highest BCUT2D eigenvalue weighted by Gasteiger charge is 2.52. The molecule has 1 unspecified atom stereocenters. The van der Waals surface area contributed by atoms with E-state index >= 15 is 0 Å². The monoisotopic (exact) mass is 255 g/mol. The molecule has 0 spiro atoms. The predicted molar refractivity (Wildman–Crippen MR) is 71.7 cm³/mol. The van der Waals surface area contributed by atoms with Gasteiger partial charge in [-0.3, -0.25) is 4.79 Å². The summed E-state index contributed by atoms with van der Waals surface area (Å²) in [6, 6.07) is 0.174. The van der Waals surface area contributed by atoms with Crippen LogP contribution in [-0.4, -0.2) is 41.5 Å². The van der Waals surface area contributed by atoms with Gasteiger partial charge in [-0.2, -0.15) is 0 Å². The maximum absolute atomic E-state index is 12.1. The van der Waals surface area contributed by atoms with E-state index < -0.39 is 5.41 Å². The van der Waals surface area contributed by atoms with Gasteiger partial charge in [0.05, 0.1) is 10.4 Å². The van der Waals surface area contributed by atoms with E-state index in [1.807, 2.05) is 6.92 Å². The van der Waals surface area contributed by atoms with Gasteiger partial charge >= 0.3 is 0 Å². The first kappa shape index (κ1) is 12.8. The average Bonchev–Trinajstić information content (AvgIpc) is 2.93. The SMILES string of the molecule is CC(CN1CCCC1)NC(=O)C1(C(N)=S)CC1. The molecule has 96 valence electrons. The lowest BCUT2D eigenvalue weighted by molar-refractivity contribution is -0.124. The van der Waals surface area contributed by atoms with Crippen LogP contribution in [-0.2, 0) is 4.79 Å². The largest absolute Gasteiger partial charge is 0.392 e. The number of nitrogens with two attached hydrogens (primary N) is 1. The van der Waals surface area contributed by atoms with Crippen LogP contribution in [0.15, 0.2) is 0 Å². The normalized spacial score (nSPS) is 24.3. The van der Waals surface area contributed by atoms with Crippen molar-refractivity contribution in [3.8, 4) is 0 Å². The van der Waals surface area contributed by atoms with Crippen LogP contribution in [0.25, 0.3) is 0 Å².